The molecule has 1 aromatic rings. The molecule has 1 fully saturated rings. The van der Waals surface area contributed by atoms with Crippen LogP contribution in [0.15, 0.2) is 28.7 Å². The number of rotatable bonds is 3. The number of halogens is 1. The Balaban J connectivity index is 1.96. The highest BCUT2D eigenvalue weighted by Crippen LogP contribution is 2.23. The normalized spacial score (nSPS) is 21.3. The number of hydrogen-bond acceptors (Lipinski definition) is 2. The molecule has 4 heteroatoms. The van der Waals surface area contributed by atoms with E-state index in [1.807, 2.05) is 31.2 Å². The monoisotopic (exact) mass is 310 g/mol. The summed E-state index contributed by atoms with van der Waals surface area (Å²) < 4.78 is 1.04. The number of piperidine rings is 1. The lowest BCUT2D eigenvalue weighted by molar-refractivity contribution is -0.126. The summed E-state index contributed by atoms with van der Waals surface area (Å²) in [4.78, 5) is 12.1. The van der Waals surface area contributed by atoms with Gasteiger partial charge in [-0.05, 0) is 37.9 Å². The molecule has 1 aliphatic heterocycles. The molecule has 1 saturated heterocycles. The summed E-state index contributed by atoms with van der Waals surface area (Å²) in [5, 5.41) is 6.37. The van der Waals surface area contributed by atoms with E-state index in [1.54, 1.807) is 0 Å². The van der Waals surface area contributed by atoms with E-state index in [1.165, 1.54) is 0 Å². The molecule has 2 N–H and O–H groups in total. The van der Waals surface area contributed by atoms with Crippen LogP contribution in [0.5, 0.6) is 0 Å². The summed E-state index contributed by atoms with van der Waals surface area (Å²) in [5.74, 6) is 0.272. The second kappa shape index (κ2) is 6.34. The van der Waals surface area contributed by atoms with Crippen LogP contribution in [0.4, 0.5) is 0 Å². The van der Waals surface area contributed by atoms with E-state index in [4.69, 9.17) is 0 Å². The van der Waals surface area contributed by atoms with E-state index < -0.39 is 0 Å². The van der Waals surface area contributed by atoms with Gasteiger partial charge < -0.3 is 10.6 Å². The lowest BCUT2D eigenvalue weighted by atomic mass is 9.98. The minimum atomic E-state index is 0.0370. The fourth-order valence-corrected chi connectivity index (χ4v) is 2.94. The molecule has 1 unspecified atom stereocenters. The van der Waals surface area contributed by atoms with Crippen molar-refractivity contribution in [3.63, 3.8) is 0 Å². The largest absolute Gasteiger partial charge is 0.349 e. The van der Waals surface area contributed by atoms with Gasteiger partial charge in [0.05, 0.1) is 12.0 Å². The standard InChI is InChI=1S/C14H19BrN2O/c1-10(12-6-2-3-7-13(12)15)17-14(18)11-5-4-8-16-9-11/h2-3,6-7,10-11,16H,4-5,8-9H2,1H3,(H,17,18)/t10-,11?/m0/s1. The first-order valence-electron chi connectivity index (χ1n) is 6.44. The summed E-state index contributed by atoms with van der Waals surface area (Å²) in [6.07, 6.45) is 2.07. The fraction of sp³-hybridized carbons (Fsp3) is 0.500. The van der Waals surface area contributed by atoms with Crippen LogP contribution in [0.3, 0.4) is 0 Å². The maximum Gasteiger partial charge on any atom is 0.224 e. The van der Waals surface area contributed by atoms with Crippen molar-refractivity contribution in [3.05, 3.63) is 34.3 Å². The van der Waals surface area contributed by atoms with Crippen LogP contribution in [0.1, 0.15) is 31.4 Å². The van der Waals surface area contributed by atoms with Crippen molar-refractivity contribution in [2.24, 2.45) is 5.92 Å². The van der Waals surface area contributed by atoms with E-state index >= 15 is 0 Å². The zero-order valence-electron chi connectivity index (χ0n) is 10.6. The van der Waals surface area contributed by atoms with Gasteiger partial charge in [-0.1, -0.05) is 34.1 Å². The number of nitrogens with one attached hydrogen (secondary N) is 2. The second-order valence-corrected chi connectivity index (χ2v) is 5.65. The van der Waals surface area contributed by atoms with Gasteiger partial charge in [-0.3, -0.25) is 4.79 Å². The van der Waals surface area contributed by atoms with E-state index in [0.29, 0.717) is 0 Å². The van der Waals surface area contributed by atoms with Crippen LogP contribution in [0.25, 0.3) is 0 Å². The minimum absolute atomic E-state index is 0.0370. The molecule has 1 aliphatic rings. The first-order valence-corrected chi connectivity index (χ1v) is 7.23. The molecule has 3 nitrogen and oxygen atoms in total. The van der Waals surface area contributed by atoms with Crippen LogP contribution in [-0.4, -0.2) is 19.0 Å². The second-order valence-electron chi connectivity index (χ2n) is 4.80. The minimum Gasteiger partial charge on any atom is -0.349 e. The third-order valence-electron chi connectivity index (χ3n) is 3.40. The van der Waals surface area contributed by atoms with E-state index in [0.717, 1.165) is 36.0 Å². The molecule has 1 heterocycles. The summed E-state index contributed by atoms with van der Waals surface area (Å²) in [6, 6.07) is 8.04. The third-order valence-corrected chi connectivity index (χ3v) is 4.12. The van der Waals surface area contributed by atoms with Crippen LogP contribution >= 0.6 is 15.9 Å². The average Bonchev–Trinajstić information content (AvgIpc) is 2.40. The molecule has 0 bridgehead atoms. The van der Waals surface area contributed by atoms with Crippen molar-refractivity contribution in [1.29, 1.82) is 0 Å². The topological polar surface area (TPSA) is 41.1 Å². The molecule has 0 saturated carbocycles. The molecule has 2 rings (SSSR count). The lowest BCUT2D eigenvalue weighted by Crippen LogP contribution is -2.41. The van der Waals surface area contributed by atoms with Gasteiger partial charge in [0, 0.05) is 11.0 Å². The Morgan fingerprint density at radius 2 is 2.28 bits per heavy atom. The van der Waals surface area contributed by atoms with Gasteiger partial charge in [0.2, 0.25) is 5.91 Å². The maximum absolute atomic E-state index is 12.1. The zero-order valence-corrected chi connectivity index (χ0v) is 12.2. The molecular formula is C14H19BrN2O. The highest BCUT2D eigenvalue weighted by atomic mass is 79.9. The van der Waals surface area contributed by atoms with Crippen molar-refractivity contribution in [2.75, 3.05) is 13.1 Å². The predicted octanol–water partition coefficient (Wildman–Crippen LogP) is 2.63. The Bertz CT molecular complexity index is 416. The summed E-state index contributed by atoms with van der Waals surface area (Å²) in [7, 11) is 0. The van der Waals surface area contributed by atoms with Crippen LogP contribution in [0, 0.1) is 5.92 Å². The smallest absolute Gasteiger partial charge is 0.224 e. The SMILES string of the molecule is C[C@H](NC(=O)C1CCCNC1)c1ccccc1Br. The predicted molar refractivity (Wildman–Crippen MR) is 76.3 cm³/mol. The summed E-state index contributed by atoms with van der Waals surface area (Å²) in [6.45, 7) is 3.85. The fourth-order valence-electron chi connectivity index (χ4n) is 2.31. The number of benzene rings is 1. The molecule has 0 radical (unpaired) electrons. The van der Waals surface area contributed by atoms with Gasteiger partial charge in [0.15, 0.2) is 0 Å². The number of carbonyl (C=O) groups is 1. The van der Waals surface area contributed by atoms with E-state index in [2.05, 4.69) is 26.6 Å². The maximum atomic E-state index is 12.1. The summed E-state index contributed by atoms with van der Waals surface area (Å²) >= 11 is 3.52. The molecular weight excluding hydrogens is 292 g/mol. The van der Waals surface area contributed by atoms with Crippen LogP contribution in [0.2, 0.25) is 0 Å². The average molecular weight is 311 g/mol. The Hall–Kier alpha value is -0.870. The highest BCUT2D eigenvalue weighted by Gasteiger charge is 2.22. The molecule has 0 spiro atoms. The first kappa shape index (κ1) is 13.6. The lowest BCUT2D eigenvalue weighted by Gasteiger charge is -2.24. The van der Waals surface area contributed by atoms with E-state index in [-0.39, 0.29) is 17.9 Å². The molecule has 1 amide bonds. The van der Waals surface area contributed by atoms with Gasteiger partial charge in [-0.2, -0.15) is 0 Å². The molecule has 0 aromatic heterocycles. The quantitative estimate of drug-likeness (QED) is 0.901. The molecule has 18 heavy (non-hydrogen) atoms. The molecule has 0 aliphatic carbocycles. The van der Waals surface area contributed by atoms with Crippen LogP contribution < -0.4 is 10.6 Å². The van der Waals surface area contributed by atoms with Crippen LogP contribution in [-0.2, 0) is 4.79 Å². The number of amides is 1. The van der Waals surface area contributed by atoms with Crippen molar-refractivity contribution >= 4 is 21.8 Å². The van der Waals surface area contributed by atoms with Gasteiger partial charge in [0.1, 0.15) is 0 Å². The Morgan fingerprint density at radius 1 is 1.50 bits per heavy atom. The molecule has 2 atom stereocenters. The first-order chi connectivity index (χ1) is 8.68. The van der Waals surface area contributed by atoms with Gasteiger partial charge >= 0.3 is 0 Å². The highest BCUT2D eigenvalue weighted by molar-refractivity contribution is 9.10. The number of hydrogen-bond donors (Lipinski definition) is 2. The van der Waals surface area contributed by atoms with Gasteiger partial charge in [0.25, 0.3) is 0 Å². The summed E-state index contributed by atoms with van der Waals surface area (Å²) in [5.41, 5.74) is 1.12. The van der Waals surface area contributed by atoms with Crippen molar-refractivity contribution < 1.29 is 4.79 Å². The Morgan fingerprint density at radius 3 is 2.94 bits per heavy atom. The number of carbonyl (C=O) groups excluding carboxylic acids is 1. The Labute approximate surface area is 116 Å². The molecule has 98 valence electrons. The Kier molecular flexibility index (Phi) is 4.78. The third kappa shape index (κ3) is 3.33. The van der Waals surface area contributed by atoms with Gasteiger partial charge in [-0.25, -0.2) is 0 Å². The van der Waals surface area contributed by atoms with Crippen molar-refractivity contribution in [3.8, 4) is 0 Å². The van der Waals surface area contributed by atoms with Crippen molar-refractivity contribution in [1.82, 2.24) is 10.6 Å². The zero-order chi connectivity index (χ0) is 13.0. The van der Waals surface area contributed by atoms with E-state index in [9.17, 15) is 4.79 Å². The van der Waals surface area contributed by atoms with Gasteiger partial charge in [-0.15, -0.1) is 0 Å². The molecule has 1 aromatic carbocycles. The van der Waals surface area contributed by atoms with Crippen molar-refractivity contribution in [2.45, 2.75) is 25.8 Å².